The van der Waals surface area contributed by atoms with E-state index in [9.17, 15) is 0 Å². The fourth-order valence-electron chi connectivity index (χ4n) is 3.60. The maximum atomic E-state index is 5.56. The molecule has 1 unspecified atom stereocenters. The summed E-state index contributed by atoms with van der Waals surface area (Å²) in [5.41, 5.74) is 3.07. The zero-order valence-electron chi connectivity index (χ0n) is 14.1. The van der Waals surface area contributed by atoms with Crippen molar-refractivity contribution in [2.45, 2.75) is 58.2 Å². The SMILES string of the molecule is COc1ccc(C)cc1C(Br)C1CCC(C(C)(C)C)CC1. The number of aryl methyl sites for hydroxylation is 1. The molecule has 0 amide bonds. The minimum absolute atomic E-state index is 0.410. The number of rotatable bonds is 3. The number of alkyl halides is 1. The van der Waals surface area contributed by atoms with Gasteiger partial charge in [0, 0.05) is 10.4 Å². The molecule has 0 radical (unpaired) electrons. The standard InChI is InChI=1S/C19H29BrO/c1-13-6-11-17(21-5)16(12-13)18(20)14-7-9-15(10-8-14)19(2,3)4/h6,11-12,14-15,18H,7-10H2,1-5H3. The second-order valence-electron chi connectivity index (χ2n) is 7.62. The average Bonchev–Trinajstić information content (AvgIpc) is 2.45. The lowest BCUT2D eigenvalue weighted by Crippen LogP contribution is -2.27. The molecule has 118 valence electrons. The van der Waals surface area contributed by atoms with Gasteiger partial charge in [0.15, 0.2) is 0 Å². The van der Waals surface area contributed by atoms with Crippen LogP contribution < -0.4 is 4.74 Å². The van der Waals surface area contributed by atoms with Crippen LogP contribution in [0.2, 0.25) is 0 Å². The van der Waals surface area contributed by atoms with Gasteiger partial charge in [0.1, 0.15) is 5.75 Å². The molecule has 0 heterocycles. The van der Waals surface area contributed by atoms with Gasteiger partial charge in [-0.05, 0) is 55.9 Å². The fourth-order valence-corrected chi connectivity index (χ4v) is 4.49. The summed E-state index contributed by atoms with van der Waals surface area (Å²) in [6.07, 6.45) is 5.33. The second-order valence-corrected chi connectivity index (χ2v) is 8.61. The van der Waals surface area contributed by atoms with Crippen molar-refractivity contribution in [1.29, 1.82) is 0 Å². The molecule has 1 aromatic carbocycles. The van der Waals surface area contributed by atoms with Gasteiger partial charge in [-0.1, -0.05) is 54.4 Å². The van der Waals surface area contributed by atoms with Gasteiger partial charge in [-0.2, -0.15) is 0 Å². The molecule has 1 atom stereocenters. The molecule has 1 nitrogen and oxygen atoms in total. The van der Waals surface area contributed by atoms with E-state index in [1.165, 1.54) is 36.8 Å². The Kier molecular flexibility index (Phi) is 5.40. The predicted molar refractivity (Wildman–Crippen MR) is 94.3 cm³/mol. The van der Waals surface area contributed by atoms with E-state index >= 15 is 0 Å². The Morgan fingerprint density at radius 3 is 2.29 bits per heavy atom. The molecule has 2 heteroatoms. The Hall–Kier alpha value is -0.500. The quantitative estimate of drug-likeness (QED) is 0.580. The normalized spacial score (nSPS) is 24.7. The van der Waals surface area contributed by atoms with Crippen LogP contribution in [-0.4, -0.2) is 7.11 Å². The molecule has 0 aliphatic heterocycles. The van der Waals surface area contributed by atoms with Crippen LogP contribution in [0.25, 0.3) is 0 Å². The Labute approximate surface area is 138 Å². The first-order valence-corrected chi connectivity index (χ1v) is 9.03. The summed E-state index contributed by atoms with van der Waals surface area (Å²) in [6.45, 7) is 9.30. The number of ether oxygens (including phenoxy) is 1. The lowest BCUT2D eigenvalue weighted by molar-refractivity contribution is 0.149. The molecule has 21 heavy (non-hydrogen) atoms. The van der Waals surface area contributed by atoms with E-state index in [2.05, 4.69) is 61.8 Å². The van der Waals surface area contributed by atoms with E-state index in [1.54, 1.807) is 7.11 Å². The van der Waals surface area contributed by atoms with Crippen molar-refractivity contribution in [2.24, 2.45) is 17.3 Å². The third-order valence-corrected chi connectivity index (χ3v) is 6.33. The van der Waals surface area contributed by atoms with Gasteiger partial charge >= 0.3 is 0 Å². The molecule has 0 bridgehead atoms. The third-order valence-electron chi connectivity index (χ3n) is 5.09. The molecule has 0 saturated heterocycles. The Morgan fingerprint density at radius 2 is 1.76 bits per heavy atom. The van der Waals surface area contributed by atoms with Gasteiger partial charge in [-0.25, -0.2) is 0 Å². The van der Waals surface area contributed by atoms with E-state index in [4.69, 9.17) is 4.74 Å². The molecule has 1 fully saturated rings. The van der Waals surface area contributed by atoms with Crippen molar-refractivity contribution in [3.8, 4) is 5.75 Å². The molecule has 1 aliphatic carbocycles. The summed E-state index contributed by atoms with van der Waals surface area (Å²) in [5, 5.41) is 0. The molecule has 0 spiro atoms. The van der Waals surface area contributed by atoms with Crippen LogP contribution in [0.15, 0.2) is 18.2 Å². The Bertz CT molecular complexity index is 467. The van der Waals surface area contributed by atoms with Gasteiger partial charge in [-0.15, -0.1) is 0 Å². The second kappa shape index (κ2) is 6.73. The van der Waals surface area contributed by atoms with Crippen LogP contribution >= 0.6 is 15.9 Å². The van der Waals surface area contributed by atoms with Crippen molar-refractivity contribution in [1.82, 2.24) is 0 Å². The van der Waals surface area contributed by atoms with Crippen LogP contribution in [0.3, 0.4) is 0 Å². The highest BCUT2D eigenvalue weighted by Crippen LogP contribution is 2.47. The molecule has 0 aromatic heterocycles. The van der Waals surface area contributed by atoms with Crippen LogP contribution in [0, 0.1) is 24.2 Å². The van der Waals surface area contributed by atoms with Gasteiger partial charge in [0.05, 0.1) is 7.11 Å². The number of benzene rings is 1. The van der Waals surface area contributed by atoms with E-state index in [0.717, 1.165) is 17.6 Å². The van der Waals surface area contributed by atoms with Gasteiger partial charge in [0.25, 0.3) is 0 Å². The van der Waals surface area contributed by atoms with Gasteiger partial charge in [-0.3, -0.25) is 0 Å². The van der Waals surface area contributed by atoms with Crippen LogP contribution in [-0.2, 0) is 0 Å². The number of hydrogen-bond acceptors (Lipinski definition) is 1. The first-order chi connectivity index (χ1) is 9.82. The lowest BCUT2D eigenvalue weighted by Gasteiger charge is -2.38. The van der Waals surface area contributed by atoms with Crippen LogP contribution in [0.1, 0.15) is 62.4 Å². The zero-order valence-corrected chi connectivity index (χ0v) is 15.7. The number of methoxy groups -OCH3 is 1. The maximum Gasteiger partial charge on any atom is 0.123 e. The Balaban J connectivity index is 2.08. The summed E-state index contributed by atoms with van der Waals surface area (Å²) in [6, 6.07) is 6.49. The fraction of sp³-hybridized carbons (Fsp3) is 0.684. The largest absolute Gasteiger partial charge is 0.496 e. The van der Waals surface area contributed by atoms with Crippen molar-refractivity contribution in [3.05, 3.63) is 29.3 Å². The van der Waals surface area contributed by atoms with Gasteiger partial charge < -0.3 is 4.74 Å². The number of hydrogen-bond donors (Lipinski definition) is 0. The first-order valence-electron chi connectivity index (χ1n) is 8.11. The number of halogens is 1. The minimum atomic E-state index is 0.410. The minimum Gasteiger partial charge on any atom is -0.496 e. The lowest BCUT2D eigenvalue weighted by atomic mass is 9.69. The van der Waals surface area contributed by atoms with Gasteiger partial charge in [0.2, 0.25) is 0 Å². The highest BCUT2D eigenvalue weighted by Gasteiger charge is 2.33. The first kappa shape index (κ1) is 16.9. The monoisotopic (exact) mass is 352 g/mol. The summed E-state index contributed by atoms with van der Waals surface area (Å²) in [4.78, 5) is 0.410. The smallest absolute Gasteiger partial charge is 0.123 e. The molecule has 1 saturated carbocycles. The molecule has 1 aliphatic rings. The van der Waals surface area contributed by atoms with E-state index in [0.29, 0.717) is 10.2 Å². The summed E-state index contributed by atoms with van der Waals surface area (Å²) >= 11 is 3.96. The zero-order chi connectivity index (χ0) is 15.6. The summed E-state index contributed by atoms with van der Waals surface area (Å²) in [7, 11) is 1.77. The summed E-state index contributed by atoms with van der Waals surface area (Å²) in [5.74, 6) is 2.60. The van der Waals surface area contributed by atoms with Crippen molar-refractivity contribution < 1.29 is 4.74 Å². The van der Waals surface area contributed by atoms with E-state index in [1.807, 2.05) is 0 Å². The molecule has 2 rings (SSSR count). The summed E-state index contributed by atoms with van der Waals surface area (Å²) < 4.78 is 5.56. The topological polar surface area (TPSA) is 9.23 Å². The van der Waals surface area contributed by atoms with E-state index < -0.39 is 0 Å². The molecular weight excluding hydrogens is 324 g/mol. The molecule has 0 N–H and O–H groups in total. The van der Waals surface area contributed by atoms with Crippen LogP contribution in [0.5, 0.6) is 5.75 Å². The highest BCUT2D eigenvalue weighted by atomic mass is 79.9. The van der Waals surface area contributed by atoms with Crippen molar-refractivity contribution in [2.75, 3.05) is 7.11 Å². The predicted octanol–water partition coefficient (Wildman–Crippen LogP) is 6.29. The third kappa shape index (κ3) is 4.03. The highest BCUT2D eigenvalue weighted by molar-refractivity contribution is 9.09. The Morgan fingerprint density at radius 1 is 1.14 bits per heavy atom. The molecule has 1 aromatic rings. The van der Waals surface area contributed by atoms with Crippen molar-refractivity contribution in [3.63, 3.8) is 0 Å². The van der Waals surface area contributed by atoms with E-state index in [-0.39, 0.29) is 0 Å². The van der Waals surface area contributed by atoms with Crippen molar-refractivity contribution >= 4 is 15.9 Å². The molecular formula is C19H29BrO. The average molecular weight is 353 g/mol. The van der Waals surface area contributed by atoms with Crippen LogP contribution in [0.4, 0.5) is 0 Å². The maximum absolute atomic E-state index is 5.56.